The zero-order chi connectivity index (χ0) is 25.3. The van der Waals surface area contributed by atoms with E-state index in [-0.39, 0.29) is 24.8 Å². The maximum Gasteiger partial charge on any atom is 0.333 e. The fourth-order valence-electron chi connectivity index (χ4n) is 3.43. The number of anilines is 1. The standard InChI is InChI=1S/C28H25N3O4S/c1-19-12-14-22(15-13-19)29-24(32)16-25-30-23(18-36-25)17-35-28(34)26(20-8-4-2-5-9-20)31-27(33)21-10-6-3-7-11-21/h2-15,18,26H,16-17H2,1H3,(H,29,32)(H,31,33). The predicted molar refractivity (Wildman–Crippen MR) is 139 cm³/mol. The van der Waals surface area contributed by atoms with E-state index in [4.69, 9.17) is 4.74 Å². The van der Waals surface area contributed by atoms with E-state index >= 15 is 0 Å². The molecule has 8 heteroatoms. The number of nitrogens with one attached hydrogen (secondary N) is 2. The second-order valence-electron chi connectivity index (χ2n) is 8.11. The molecular formula is C28H25N3O4S. The minimum atomic E-state index is -0.975. The van der Waals surface area contributed by atoms with Crippen molar-refractivity contribution in [3.05, 3.63) is 118 Å². The quantitative estimate of drug-likeness (QED) is 0.321. The van der Waals surface area contributed by atoms with Gasteiger partial charge in [0, 0.05) is 16.6 Å². The molecule has 7 nitrogen and oxygen atoms in total. The van der Waals surface area contributed by atoms with Crippen LogP contribution in [0.4, 0.5) is 5.69 Å². The van der Waals surface area contributed by atoms with Gasteiger partial charge in [-0.25, -0.2) is 9.78 Å². The molecule has 0 saturated heterocycles. The predicted octanol–water partition coefficient (Wildman–Crippen LogP) is 4.85. The van der Waals surface area contributed by atoms with Crippen LogP contribution in [0.5, 0.6) is 0 Å². The van der Waals surface area contributed by atoms with Crippen LogP contribution < -0.4 is 10.6 Å². The molecule has 4 aromatic rings. The van der Waals surface area contributed by atoms with E-state index in [1.54, 1.807) is 53.9 Å². The fraction of sp³-hybridized carbons (Fsp3) is 0.143. The summed E-state index contributed by atoms with van der Waals surface area (Å²) in [5, 5.41) is 7.97. The Labute approximate surface area is 213 Å². The first-order valence-electron chi connectivity index (χ1n) is 11.4. The summed E-state index contributed by atoms with van der Waals surface area (Å²) < 4.78 is 5.50. The maximum atomic E-state index is 13.0. The molecule has 2 amide bonds. The van der Waals surface area contributed by atoms with Gasteiger partial charge in [0.05, 0.1) is 12.1 Å². The van der Waals surface area contributed by atoms with Crippen LogP contribution >= 0.6 is 11.3 Å². The summed E-state index contributed by atoms with van der Waals surface area (Å²) in [6.45, 7) is 1.91. The molecule has 1 heterocycles. The van der Waals surface area contributed by atoms with E-state index < -0.39 is 12.0 Å². The molecule has 1 unspecified atom stereocenters. The fourth-order valence-corrected chi connectivity index (χ4v) is 4.21. The molecule has 2 N–H and O–H groups in total. The zero-order valence-corrected chi connectivity index (χ0v) is 20.5. The van der Waals surface area contributed by atoms with Crippen molar-refractivity contribution in [3.8, 4) is 0 Å². The van der Waals surface area contributed by atoms with Crippen LogP contribution in [0.1, 0.15) is 38.2 Å². The molecule has 1 aromatic heterocycles. The molecule has 0 radical (unpaired) electrons. The molecule has 0 aliphatic carbocycles. The van der Waals surface area contributed by atoms with E-state index in [0.717, 1.165) is 11.3 Å². The Bertz CT molecular complexity index is 1320. The second kappa shape index (κ2) is 11.9. The average molecular weight is 500 g/mol. The Hall–Kier alpha value is -4.30. The summed E-state index contributed by atoms with van der Waals surface area (Å²) in [7, 11) is 0. The third kappa shape index (κ3) is 6.86. The molecule has 36 heavy (non-hydrogen) atoms. The maximum absolute atomic E-state index is 13.0. The van der Waals surface area contributed by atoms with Crippen LogP contribution in [0, 0.1) is 6.92 Å². The van der Waals surface area contributed by atoms with Crippen LogP contribution in [0.2, 0.25) is 0 Å². The van der Waals surface area contributed by atoms with Crippen molar-refractivity contribution in [1.82, 2.24) is 10.3 Å². The molecule has 0 spiro atoms. The molecule has 0 saturated carbocycles. The summed E-state index contributed by atoms with van der Waals surface area (Å²) >= 11 is 1.32. The summed E-state index contributed by atoms with van der Waals surface area (Å²) in [5.74, 6) is -1.15. The topological polar surface area (TPSA) is 97.4 Å². The first kappa shape index (κ1) is 24.8. The number of aryl methyl sites for hydroxylation is 1. The number of aromatic nitrogens is 1. The number of amides is 2. The van der Waals surface area contributed by atoms with E-state index in [2.05, 4.69) is 15.6 Å². The number of nitrogens with zero attached hydrogens (tertiary/aromatic N) is 1. The minimum absolute atomic E-state index is 0.0700. The Kier molecular flexibility index (Phi) is 8.20. The minimum Gasteiger partial charge on any atom is -0.457 e. The first-order valence-corrected chi connectivity index (χ1v) is 12.2. The Morgan fingerprint density at radius 3 is 2.28 bits per heavy atom. The lowest BCUT2D eigenvalue weighted by Gasteiger charge is -2.18. The highest BCUT2D eigenvalue weighted by Gasteiger charge is 2.25. The molecule has 182 valence electrons. The van der Waals surface area contributed by atoms with Gasteiger partial charge in [0.25, 0.3) is 5.91 Å². The molecular weight excluding hydrogens is 474 g/mol. The van der Waals surface area contributed by atoms with Crippen molar-refractivity contribution in [2.45, 2.75) is 26.0 Å². The summed E-state index contributed by atoms with van der Waals surface area (Å²) in [5.41, 5.74) is 3.42. The van der Waals surface area contributed by atoms with Crippen LogP contribution in [0.3, 0.4) is 0 Å². The highest BCUT2D eigenvalue weighted by Crippen LogP contribution is 2.18. The number of rotatable bonds is 9. The van der Waals surface area contributed by atoms with Gasteiger partial charge < -0.3 is 15.4 Å². The number of thiazole rings is 1. The normalized spacial score (nSPS) is 11.4. The SMILES string of the molecule is Cc1ccc(NC(=O)Cc2nc(COC(=O)C(NC(=O)c3ccccc3)c3ccccc3)cs2)cc1. The number of hydrogen-bond donors (Lipinski definition) is 2. The number of esters is 1. The van der Waals surface area contributed by atoms with Gasteiger partial charge in [-0.1, -0.05) is 66.2 Å². The van der Waals surface area contributed by atoms with Gasteiger partial charge >= 0.3 is 5.97 Å². The zero-order valence-electron chi connectivity index (χ0n) is 19.6. The summed E-state index contributed by atoms with van der Waals surface area (Å²) in [6.07, 6.45) is 0.117. The molecule has 0 aliphatic heterocycles. The Morgan fingerprint density at radius 2 is 1.58 bits per heavy atom. The number of carbonyl (C=O) groups is 3. The van der Waals surface area contributed by atoms with Crippen molar-refractivity contribution >= 4 is 34.8 Å². The van der Waals surface area contributed by atoms with Crippen LogP contribution in [-0.4, -0.2) is 22.8 Å². The number of ether oxygens (including phenoxy) is 1. The molecule has 0 aliphatic rings. The van der Waals surface area contributed by atoms with E-state index in [9.17, 15) is 14.4 Å². The molecule has 3 aromatic carbocycles. The van der Waals surface area contributed by atoms with Crippen LogP contribution in [0.15, 0.2) is 90.3 Å². The largest absolute Gasteiger partial charge is 0.457 e. The van der Waals surface area contributed by atoms with Gasteiger partial charge in [-0.3, -0.25) is 9.59 Å². The average Bonchev–Trinajstić information content (AvgIpc) is 3.35. The van der Waals surface area contributed by atoms with Crippen molar-refractivity contribution in [2.24, 2.45) is 0 Å². The van der Waals surface area contributed by atoms with Crippen molar-refractivity contribution < 1.29 is 19.1 Å². The van der Waals surface area contributed by atoms with Crippen molar-refractivity contribution in [1.29, 1.82) is 0 Å². The Balaban J connectivity index is 1.36. The third-order valence-electron chi connectivity index (χ3n) is 5.29. The smallest absolute Gasteiger partial charge is 0.333 e. The third-order valence-corrected chi connectivity index (χ3v) is 6.19. The highest BCUT2D eigenvalue weighted by molar-refractivity contribution is 7.09. The van der Waals surface area contributed by atoms with Crippen molar-refractivity contribution in [3.63, 3.8) is 0 Å². The van der Waals surface area contributed by atoms with Gasteiger partial charge in [0.2, 0.25) is 5.91 Å². The lowest BCUT2D eigenvalue weighted by Crippen LogP contribution is -2.34. The van der Waals surface area contributed by atoms with Crippen LogP contribution in [0.25, 0.3) is 0 Å². The van der Waals surface area contributed by atoms with Crippen molar-refractivity contribution in [2.75, 3.05) is 5.32 Å². The van der Waals surface area contributed by atoms with Gasteiger partial charge in [-0.15, -0.1) is 11.3 Å². The van der Waals surface area contributed by atoms with E-state index in [1.807, 2.05) is 43.3 Å². The monoisotopic (exact) mass is 499 g/mol. The lowest BCUT2D eigenvalue weighted by atomic mass is 10.1. The highest BCUT2D eigenvalue weighted by atomic mass is 32.1. The summed E-state index contributed by atoms with van der Waals surface area (Å²) in [4.78, 5) is 42.4. The van der Waals surface area contributed by atoms with Gasteiger partial charge in [0.15, 0.2) is 6.04 Å². The molecule has 4 rings (SSSR count). The van der Waals surface area contributed by atoms with Crippen LogP contribution in [-0.2, 0) is 27.4 Å². The molecule has 0 fully saturated rings. The molecule has 1 atom stereocenters. The van der Waals surface area contributed by atoms with Gasteiger partial charge in [0.1, 0.15) is 11.6 Å². The lowest BCUT2D eigenvalue weighted by molar-refractivity contribution is -0.147. The van der Waals surface area contributed by atoms with Gasteiger partial charge in [-0.2, -0.15) is 0 Å². The van der Waals surface area contributed by atoms with E-state index in [1.165, 1.54) is 11.3 Å². The summed E-state index contributed by atoms with van der Waals surface area (Å²) in [6, 6.07) is 24.2. The van der Waals surface area contributed by atoms with Gasteiger partial charge in [-0.05, 0) is 36.8 Å². The second-order valence-corrected chi connectivity index (χ2v) is 9.06. The first-order chi connectivity index (χ1) is 17.5. The molecule has 0 bridgehead atoms. The van der Waals surface area contributed by atoms with E-state index in [0.29, 0.717) is 21.8 Å². The number of benzene rings is 3. The number of hydrogen-bond acceptors (Lipinski definition) is 6. The number of carbonyl (C=O) groups excluding carboxylic acids is 3. The Morgan fingerprint density at radius 1 is 0.917 bits per heavy atom.